The smallest absolute Gasteiger partial charge is 0.140 e. The molecule has 0 aromatic carbocycles. The van der Waals surface area contributed by atoms with E-state index in [1.54, 1.807) is 0 Å². The Balaban J connectivity index is 2.20. The van der Waals surface area contributed by atoms with E-state index in [-0.39, 0.29) is 5.92 Å². The van der Waals surface area contributed by atoms with Crippen molar-refractivity contribution in [2.45, 2.75) is 20.3 Å². The first-order chi connectivity index (χ1) is 4.70. The third kappa shape index (κ3) is 1.81. The molecule has 1 aliphatic heterocycles. The van der Waals surface area contributed by atoms with E-state index >= 15 is 0 Å². The Morgan fingerprint density at radius 3 is 2.50 bits per heavy atom. The van der Waals surface area contributed by atoms with E-state index in [0.29, 0.717) is 31.3 Å². The molecule has 1 aliphatic rings. The van der Waals surface area contributed by atoms with Gasteiger partial charge in [-0.3, -0.25) is 4.79 Å². The summed E-state index contributed by atoms with van der Waals surface area (Å²) in [6.45, 7) is 5.45. The number of carbonyl (C=O) groups excluding carboxylic acids is 1. The fourth-order valence-corrected chi connectivity index (χ4v) is 0.991. The van der Waals surface area contributed by atoms with E-state index in [1.165, 1.54) is 0 Å². The summed E-state index contributed by atoms with van der Waals surface area (Å²) in [5.41, 5.74) is 0. The van der Waals surface area contributed by atoms with Gasteiger partial charge in [0.2, 0.25) is 0 Å². The maximum Gasteiger partial charge on any atom is 0.140 e. The molecule has 0 bridgehead atoms. The van der Waals surface area contributed by atoms with Crippen LogP contribution in [0.1, 0.15) is 20.3 Å². The van der Waals surface area contributed by atoms with Gasteiger partial charge in [0.1, 0.15) is 5.78 Å². The second kappa shape index (κ2) is 3.15. The number of carbonyl (C=O) groups is 1. The van der Waals surface area contributed by atoms with Crippen LogP contribution in [0.25, 0.3) is 0 Å². The second-order valence-corrected chi connectivity index (χ2v) is 3.30. The fraction of sp³-hybridized carbons (Fsp3) is 0.875. The zero-order chi connectivity index (χ0) is 7.56. The lowest BCUT2D eigenvalue weighted by Gasteiger charge is -2.24. The van der Waals surface area contributed by atoms with E-state index in [1.807, 2.05) is 0 Å². The van der Waals surface area contributed by atoms with Crippen molar-refractivity contribution in [3.8, 4) is 0 Å². The standard InChI is InChI=1S/C8H14O2/c1-6(2)3-8(9)7-4-10-5-7/h6-7H,3-5H2,1-2H3. The van der Waals surface area contributed by atoms with E-state index in [4.69, 9.17) is 4.74 Å². The number of Topliss-reactive ketones (excluding diaryl/α,β-unsaturated/α-hetero) is 1. The molecule has 0 atom stereocenters. The van der Waals surface area contributed by atoms with Crippen LogP contribution in [0.2, 0.25) is 0 Å². The molecule has 1 rings (SSSR count). The monoisotopic (exact) mass is 142 g/mol. The molecule has 1 saturated heterocycles. The minimum absolute atomic E-state index is 0.224. The molecule has 1 heterocycles. The largest absolute Gasteiger partial charge is 0.380 e. The molecule has 0 aliphatic carbocycles. The van der Waals surface area contributed by atoms with Crippen molar-refractivity contribution < 1.29 is 9.53 Å². The first-order valence-electron chi connectivity index (χ1n) is 3.80. The summed E-state index contributed by atoms with van der Waals surface area (Å²) in [5.74, 6) is 1.09. The molecule has 0 N–H and O–H groups in total. The summed E-state index contributed by atoms with van der Waals surface area (Å²) in [7, 11) is 0. The lowest BCUT2D eigenvalue weighted by molar-refractivity contribution is -0.137. The molecule has 2 nitrogen and oxygen atoms in total. The van der Waals surface area contributed by atoms with Gasteiger partial charge >= 0.3 is 0 Å². The first-order valence-corrected chi connectivity index (χ1v) is 3.80. The van der Waals surface area contributed by atoms with Crippen LogP contribution in [-0.4, -0.2) is 19.0 Å². The summed E-state index contributed by atoms with van der Waals surface area (Å²) in [4.78, 5) is 11.2. The SMILES string of the molecule is CC(C)CC(=O)C1COC1. The molecule has 0 unspecified atom stereocenters. The molecule has 0 aromatic rings. The van der Waals surface area contributed by atoms with Gasteiger partial charge in [-0.15, -0.1) is 0 Å². The van der Waals surface area contributed by atoms with Gasteiger partial charge in [-0.1, -0.05) is 13.8 Å². The fourth-order valence-electron chi connectivity index (χ4n) is 0.991. The second-order valence-electron chi connectivity index (χ2n) is 3.30. The van der Waals surface area contributed by atoms with Gasteiger partial charge in [-0.25, -0.2) is 0 Å². The van der Waals surface area contributed by atoms with Crippen LogP contribution in [0.3, 0.4) is 0 Å². The Morgan fingerprint density at radius 2 is 2.20 bits per heavy atom. The highest BCUT2D eigenvalue weighted by Gasteiger charge is 2.26. The van der Waals surface area contributed by atoms with Crippen molar-refractivity contribution in [2.24, 2.45) is 11.8 Å². The Labute approximate surface area is 61.6 Å². The normalized spacial score (nSPS) is 19.1. The molecular weight excluding hydrogens is 128 g/mol. The van der Waals surface area contributed by atoms with Crippen LogP contribution in [0.5, 0.6) is 0 Å². The maximum atomic E-state index is 11.2. The van der Waals surface area contributed by atoms with Crippen molar-refractivity contribution in [3.05, 3.63) is 0 Å². The summed E-state index contributed by atoms with van der Waals surface area (Å²) in [6.07, 6.45) is 0.716. The van der Waals surface area contributed by atoms with Crippen LogP contribution in [0.15, 0.2) is 0 Å². The van der Waals surface area contributed by atoms with E-state index in [2.05, 4.69) is 13.8 Å². The third-order valence-corrected chi connectivity index (χ3v) is 1.70. The van der Waals surface area contributed by atoms with Crippen molar-refractivity contribution >= 4 is 5.78 Å². The maximum absolute atomic E-state index is 11.2. The first kappa shape index (κ1) is 7.73. The van der Waals surface area contributed by atoms with Crippen LogP contribution in [0.4, 0.5) is 0 Å². The third-order valence-electron chi connectivity index (χ3n) is 1.70. The van der Waals surface area contributed by atoms with Gasteiger partial charge < -0.3 is 4.74 Å². The van der Waals surface area contributed by atoms with Crippen LogP contribution >= 0.6 is 0 Å². The predicted molar refractivity (Wildman–Crippen MR) is 38.8 cm³/mol. The minimum Gasteiger partial charge on any atom is -0.380 e. The number of ether oxygens (including phenoxy) is 1. The summed E-state index contributed by atoms with van der Waals surface area (Å²) in [5, 5.41) is 0. The molecule has 10 heavy (non-hydrogen) atoms. The molecule has 58 valence electrons. The highest BCUT2D eigenvalue weighted by Crippen LogP contribution is 2.15. The number of rotatable bonds is 3. The highest BCUT2D eigenvalue weighted by molar-refractivity contribution is 5.82. The van der Waals surface area contributed by atoms with E-state index in [9.17, 15) is 4.79 Å². The van der Waals surface area contributed by atoms with Gasteiger partial charge in [0.15, 0.2) is 0 Å². The number of hydrogen-bond acceptors (Lipinski definition) is 2. The lowest BCUT2D eigenvalue weighted by atomic mass is 9.95. The topological polar surface area (TPSA) is 26.3 Å². The summed E-state index contributed by atoms with van der Waals surface area (Å²) >= 11 is 0. The van der Waals surface area contributed by atoms with Crippen molar-refractivity contribution in [2.75, 3.05) is 13.2 Å². The summed E-state index contributed by atoms with van der Waals surface area (Å²) in [6, 6.07) is 0. The Kier molecular flexibility index (Phi) is 2.44. The molecule has 0 aromatic heterocycles. The lowest BCUT2D eigenvalue weighted by Crippen LogP contribution is -2.35. The molecule has 0 saturated carbocycles. The highest BCUT2D eigenvalue weighted by atomic mass is 16.5. The zero-order valence-electron chi connectivity index (χ0n) is 6.59. The van der Waals surface area contributed by atoms with Crippen LogP contribution < -0.4 is 0 Å². The van der Waals surface area contributed by atoms with Crippen molar-refractivity contribution in [3.63, 3.8) is 0 Å². The van der Waals surface area contributed by atoms with Crippen LogP contribution in [-0.2, 0) is 9.53 Å². The Morgan fingerprint density at radius 1 is 1.60 bits per heavy atom. The van der Waals surface area contributed by atoms with Gasteiger partial charge in [-0.05, 0) is 5.92 Å². The van der Waals surface area contributed by atoms with Gasteiger partial charge in [0, 0.05) is 6.42 Å². The van der Waals surface area contributed by atoms with Crippen molar-refractivity contribution in [1.29, 1.82) is 0 Å². The van der Waals surface area contributed by atoms with E-state index in [0.717, 1.165) is 0 Å². The molecule has 1 fully saturated rings. The van der Waals surface area contributed by atoms with Crippen LogP contribution in [0, 0.1) is 11.8 Å². The molecule has 0 amide bonds. The number of ketones is 1. The predicted octanol–water partition coefficient (Wildman–Crippen LogP) is 1.25. The molecule has 2 heteroatoms. The van der Waals surface area contributed by atoms with E-state index < -0.39 is 0 Å². The zero-order valence-corrected chi connectivity index (χ0v) is 6.59. The molecule has 0 radical (unpaired) electrons. The minimum atomic E-state index is 0.224. The number of hydrogen-bond donors (Lipinski definition) is 0. The Hall–Kier alpha value is -0.370. The average molecular weight is 142 g/mol. The molecule has 0 spiro atoms. The van der Waals surface area contributed by atoms with Gasteiger partial charge in [-0.2, -0.15) is 0 Å². The summed E-state index contributed by atoms with van der Waals surface area (Å²) < 4.78 is 4.92. The van der Waals surface area contributed by atoms with Crippen molar-refractivity contribution in [1.82, 2.24) is 0 Å². The average Bonchev–Trinajstić information content (AvgIpc) is 1.55. The van der Waals surface area contributed by atoms with Gasteiger partial charge in [0.05, 0.1) is 19.1 Å². The molecular formula is C8H14O2. The van der Waals surface area contributed by atoms with Gasteiger partial charge in [0.25, 0.3) is 0 Å². The Bertz CT molecular complexity index is 125. The quantitative estimate of drug-likeness (QED) is 0.592.